The van der Waals surface area contributed by atoms with Gasteiger partial charge in [0.15, 0.2) is 0 Å². The Morgan fingerprint density at radius 1 is 1.16 bits per heavy atom. The summed E-state index contributed by atoms with van der Waals surface area (Å²) in [6, 6.07) is 13.6. The lowest BCUT2D eigenvalue weighted by molar-refractivity contribution is -0.169. The first kappa shape index (κ1) is 13.5. The Labute approximate surface area is 110 Å². The maximum atomic E-state index is 12.6. The fourth-order valence-corrected chi connectivity index (χ4v) is 1.89. The normalized spacial score (nSPS) is 11.5. The molecular formula is C15H14F2O2. The summed E-state index contributed by atoms with van der Waals surface area (Å²) < 4.78 is 29.8. The van der Waals surface area contributed by atoms with Gasteiger partial charge in [-0.15, -0.1) is 0 Å². The van der Waals surface area contributed by atoms with E-state index >= 15 is 0 Å². The van der Waals surface area contributed by atoms with E-state index in [2.05, 4.69) is 4.74 Å². The molecule has 0 aliphatic rings. The molecule has 0 spiro atoms. The Kier molecular flexibility index (Phi) is 3.79. The largest absolute Gasteiger partial charge is 0.461 e. The first-order valence-electron chi connectivity index (χ1n) is 6.00. The molecule has 0 fully saturated rings. The number of fused-ring (bicyclic) bond motifs is 1. The summed E-state index contributed by atoms with van der Waals surface area (Å²) >= 11 is 0. The lowest BCUT2D eigenvalue weighted by atomic mass is 10.0. The average molecular weight is 264 g/mol. The Balaban J connectivity index is 2.05. The van der Waals surface area contributed by atoms with Gasteiger partial charge in [-0.2, -0.15) is 8.78 Å². The molecule has 0 aliphatic heterocycles. The molecule has 2 nitrogen and oxygen atoms in total. The average Bonchev–Trinajstić information content (AvgIpc) is 2.38. The van der Waals surface area contributed by atoms with Gasteiger partial charge in [-0.25, -0.2) is 4.79 Å². The van der Waals surface area contributed by atoms with Gasteiger partial charge in [0.25, 0.3) is 0 Å². The Morgan fingerprint density at radius 3 is 2.58 bits per heavy atom. The summed E-state index contributed by atoms with van der Waals surface area (Å²) in [5, 5.41) is 2.12. The Hall–Kier alpha value is -1.97. The minimum Gasteiger partial charge on any atom is -0.461 e. The predicted octanol–water partition coefficient (Wildman–Crippen LogP) is 3.58. The number of hydrogen-bond acceptors (Lipinski definition) is 2. The zero-order chi connectivity index (χ0) is 13.9. The molecule has 2 aromatic carbocycles. The van der Waals surface area contributed by atoms with Gasteiger partial charge in [-0.1, -0.05) is 42.5 Å². The van der Waals surface area contributed by atoms with Gasteiger partial charge < -0.3 is 4.74 Å². The fourth-order valence-electron chi connectivity index (χ4n) is 1.89. The molecule has 0 saturated heterocycles. The molecule has 0 bridgehead atoms. The number of carbonyl (C=O) groups excluding carboxylic acids is 1. The van der Waals surface area contributed by atoms with Gasteiger partial charge in [0, 0.05) is 13.3 Å². The molecule has 0 aliphatic carbocycles. The van der Waals surface area contributed by atoms with Crippen LogP contribution in [0.5, 0.6) is 0 Å². The van der Waals surface area contributed by atoms with Crippen LogP contribution in [0, 0.1) is 0 Å². The van der Waals surface area contributed by atoms with Crippen LogP contribution >= 0.6 is 0 Å². The minimum atomic E-state index is -3.43. The molecule has 0 unspecified atom stereocenters. The lowest BCUT2D eigenvalue weighted by Crippen LogP contribution is -2.27. The second-order valence-corrected chi connectivity index (χ2v) is 4.41. The third kappa shape index (κ3) is 3.28. The van der Waals surface area contributed by atoms with Crippen molar-refractivity contribution < 1.29 is 18.3 Å². The van der Waals surface area contributed by atoms with Gasteiger partial charge in [0.05, 0.1) is 6.61 Å². The first-order chi connectivity index (χ1) is 8.98. The summed E-state index contributed by atoms with van der Waals surface area (Å²) in [6.07, 6.45) is 0.420. The van der Waals surface area contributed by atoms with Crippen molar-refractivity contribution in [3.05, 3.63) is 48.0 Å². The van der Waals surface area contributed by atoms with E-state index in [0.29, 0.717) is 13.3 Å². The number of rotatable bonds is 4. The van der Waals surface area contributed by atoms with Crippen molar-refractivity contribution in [1.82, 2.24) is 0 Å². The standard InChI is InChI=1S/C15H14F2O2/c1-15(16,17)14(18)19-10-9-12-7-4-6-11-5-2-3-8-13(11)12/h2-8H,9-10H2,1H3. The third-order valence-electron chi connectivity index (χ3n) is 2.84. The van der Waals surface area contributed by atoms with Crippen molar-refractivity contribution in [2.24, 2.45) is 0 Å². The van der Waals surface area contributed by atoms with E-state index in [4.69, 9.17) is 0 Å². The fraction of sp³-hybridized carbons (Fsp3) is 0.267. The van der Waals surface area contributed by atoms with Crippen LogP contribution in [-0.2, 0) is 16.0 Å². The molecule has 19 heavy (non-hydrogen) atoms. The number of carbonyl (C=O) groups is 1. The highest BCUT2D eigenvalue weighted by molar-refractivity contribution is 5.85. The highest BCUT2D eigenvalue weighted by Gasteiger charge is 2.34. The molecule has 0 N–H and O–H groups in total. The minimum absolute atomic E-state index is 0.0454. The summed E-state index contributed by atoms with van der Waals surface area (Å²) in [5.41, 5.74) is 0.977. The maximum absolute atomic E-state index is 12.6. The molecule has 0 radical (unpaired) electrons. The number of esters is 1. The zero-order valence-corrected chi connectivity index (χ0v) is 10.5. The third-order valence-corrected chi connectivity index (χ3v) is 2.84. The monoisotopic (exact) mass is 264 g/mol. The quantitative estimate of drug-likeness (QED) is 0.789. The summed E-state index contributed by atoms with van der Waals surface area (Å²) in [6.45, 7) is 0.490. The van der Waals surface area contributed by atoms with Gasteiger partial charge in [0.1, 0.15) is 0 Å². The van der Waals surface area contributed by atoms with Crippen LogP contribution < -0.4 is 0 Å². The van der Waals surface area contributed by atoms with Crippen molar-refractivity contribution in [3.63, 3.8) is 0 Å². The first-order valence-corrected chi connectivity index (χ1v) is 6.00. The summed E-state index contributed by atoms with van der Waals surface area (Å²) in [4.78, 5) is 10.9. The van der Waals surface area contributed by atoms with Gasteiger partial charge in [0.2, 0.25) is 0 Å². The van der Waals surface area contributed by atoms with Crippen LogP contribution in [-0.4, -0.2) is 18.5 Å². The second kappa shape index (κ2) is 5.34. The number of halogens is 2. The molecule has 0 aromatic heterocycles. The molecule has 0 heterocycles. The van der Waals surface area contributed by atoms with Gasteiger partial charge >= 0.3 is 11.9 Å². The molecule has 2 aromatic rings. The van der Waals surface area contributed by atoms with Gasteiger partial charge in [-0.05, 0) is 16.3 Å². The SMILES string of the molecule is CC(F)(F)C(=O)OCCc1cccc2ccccc12. The molecule has 0 amide bonds. The summed E-state index contributed by atoms with van der Waals surface area (Å²) in [7, 11) is 0. The van der Waals surface area contributed by atoms with Crippen LogP contribution in [0.15, 0.2) is 42.5 Å². The zero-order valence-electron chi connectivity index (χ0n) is 10.5. The number of hydrogen-bond donors (Lipinski definition) is 0. The van der Waals surface area contributed by atoms with Crippen LogP contribution in [0.1, 0.15) is 12.5 Å². The highest BCUT2D eigenvalue weighted by atomic mass is 19.3. The molecule has 0 atom stereocenters. The molecule has 0 saturated carbocycles. The van der Waals surface area contributed by atoms with E-state index in [1.165, 1.54) is 0 Å². The Morgan fingerprint density at radius 2 is 1.84 bits per heavy atom. The van der Waals surface area contributed by atoms with Gasteiger partial charge in [-0.3, -0.25) is 0 Å². The smallest absolute Gasteiger partial charge is 0.376 e. The van der Waals surface area contributed by atoms with E-state index in [9.17, 15) is 13.6 Å². The molecule has 4 heteroatoms. The van der Waals surface area contributed by atoms with Crippen molar-refractivity contribution in [1.29, 1.82) is 0 Å². The highest BCUT2D eigenvalue weighted by Crippen LogP contribution is 2.19. The van der Waals surface area contributed by atoms with E-state index in [0.717, 1.165) is 16.3 Å². The van der Waals surface area contributed by atoms with Crippen molar-refractivity contribution in [2.45, 2.75) is 19.3 Å². The Bertz CT molecular complexity index is 583. The predicted molar refractivity (Wildman–Crippen MR) is 69.2 cm³/mol. The van der Waals surface area contributed by atoms with E-state index in [1.807, 2.05) is 42.5 Å². The van der Waals surface area contributed by atoms with Crippen LogP contribution in [0.3, 0.4) is 0 Å². The van der Waals surface area contributed by atoms with E-state index in [1.54, 1.807) is 0 Å². The second-order valence-electron chi connectivity index (χ2n) is 4.41. The van der Waals surface area contributed by atoms with Crippen molar-refractivity contribution >= 4 is 16.7 Å². The maximum Gasteiger partial charge on any atom is 0.376 e. The number of alkyl halides is 2. The van der Waals surface area contributed by atoms with Crippen LogP contribution in [0.25, 0.3) is 10.8 Å². The van der Waals surface area contributed by atoms with Crippen molar-refractivity contribution in [2.75, 3.05) is 6.61 Å². The van der Waals surface area contributed by atoms with Crippen molar-refractivity contribution in [3.8, 4) is 0 Å². The van der Waals surface area contributed by atoms with Crippen LogP contribution in [0.2, 0.25) is 0 Å². The number of ether oxygens (including phenoxy) is 1. The molecular weight excluding hydrogens is 250 g/mol. The van der Waals surface area contributed by atoms with E-state index < -0.39 is 11.9 Å². The van der Waals surface area contributed by atoms with E-state index in [-0.39, 0.29) is 6.61 Å². The lowest BCUT2D eigenvalue weighted by Gasteiger charge is -2.11. The molecule has 100 valence electrons. The number of benzene rings is 2. The summed E-state index contributed by atoms with van der Waals surface area (Å²) in [5.74, 6) is -4.91. The molecule has 2 rings (SSSR count). The topological polar surface area (TPSA) is 26.3 Å². The van der Waals surface area contributed by atoms with Crippen LogP contribution in [0.4, 0.5) is 8.78 Å².